The van der Waals surface area contributed by atoms with Crippen LogP contribution in [0.2, 0.25) is 0 Å². The minimum atomic E-state index is -0.650. The Bertz CT molecular complexity index is 1080. The van der Waals surface area contributed by atoms with E-state index in [0.29, 0.717) is 16.7 Å². The summed E-state index contributed by atoms with van der Waals surface area (Å²) in [6.07, 6.45) is 3.19. The maximum absolute atomic E-state index is 12.6. The van der Waals surface area contributed by atoms with E-state index in [1.165, 1.54) is 0 Å². The van der Waals surface area contributed by atoms with Crippen LogP contribution in [0.5, 0.6) is 5.75 Å². The van der Waals surface area contributed by atoms with Gasteiger partial charge in [0.2, 0.25) is 5.88 Å². The molecule has 0 saturated carbocycles. The lowest BCUT2D eigenvalue weighted by Crippen LogP contribution is -2.26. The van der Waals surface area contributed by atoms with Gasteiger partial charge < -0.3 is 14.9 Å². The Kier molecular flexibility index (Phi) is 3.07. The number of aromatic nitrogens is 1. The van der Waals surface area contributed by atoms with Crippen LogP contribution in [0.3, 0.4) is 0 Å². The molecule has 2 aromatic heterocycles. The van der Waals surface area contributed by atoms with E-state index in [0.717, 1.165) is 5.56 Å². The van der Waals surface area contributed by atoms with E-state index in [1.54, 1.807) is 42.7 Å². The van der Waals surface area contributed by atoms with Gasteiger partial charge in [0.05, 0.1) is 16.9 Å². The summed E-state index contributed by atoms with van der Waals surface area (Å²) in [5.74, 6) is -0.328. The molecule has 3 aromatic rings. The van der Waals surface area contributed by atoms with Crippen LogP contribution in [-0.2, 0) is 0 Å². The number of para-hydroxylation sites is 1. The van der Waals surface area contributed by atoms with E-state index in [4.69, 9.17) is 14.9 Å². The highest BCUT2D eigenvalue weighted by Crippen LogP contribution is 2.43. The summed E-state index contributed by atoms with van der Waals surface area (Å²) in [4.78, 5) is 16.6. The molecular formula is C18H11N3O3. The normalized spacial score (nSPS) is 16.4. The molecule has 0 radical (unpaired) electrons. The molecule has 24 heavy (non-hydrogen) atoms. The van der Waals surface area contributed by atoms with E-state index < -0.39 is 11.5 Å². The van der Waals surface area contributed by atoms with Crippen molar-refractivity contribution in [2.75, 3.05) is 0 Å². The summed E-state index contributed by atoms with van der Waals surface area (Å²) in [5, 5.41) is 10.1. The second kappa shape index (κ2) is 5.25. The smallest absolute Gasteiger partial charge is 0.344 e. The van der Waals surface area contributed by atoms with E-state index in [1.807, 2.05) is 12.1 Å². The molecule has 0 bridgehead atoms. The van der Waals surface area contributed by atoms with Crippen LogP contribution in [0.25, 0.3) is 11.0 Å². The number of benzene rings is 1. The van der Waals surface area contributed by atoms with Crippen LogP contribution in [0, 0.1) is 11.3 Å². The van der Waals surface area contributed by atoms with Crippen LogP contribution in [0.4, 0.5) is 0 Å². The minimum absolute atomic E-state index is 0.0115. The molecule has 1 aromatic carbocycles. The molecule has 0 spiro atoms. The second-order valence-corrected chi connectivity index (χ2v) is 5.33. The molecule has 6 nitrogen and oxygen atoms in total. The Labute approximate surface area is 136 Å². The highest BCUT2D eigenvalue weighted by Gasteiger charge is 2.35. The molecule has 0 aliphatic carbocycles. The van der Waals surface area contributed by atoms with Gasteiger partial charge in [0, 0.05) is 12.4 Å². The van der Waals surface area contributed by atoms with Crippen molar-refractivity contribution in [3.63, 3.8) is 0 Å². The predicted octanol–water partition coefficient (Wildman–Crippen LogP) is 2.41. The summed E-state index contributed by atoms with van der Waals surface area (Å²) in [5.41, 5.74) is 6.98. The number of nitrogens with zero attached hydrogens (tertiary/aromatic N) is 2. The van der Waals surface area contributed by atoms with Crippen LogP contribution in [0.1, 0.15) is 17.0 Å². The first-order chi connectivity index (χ1) is 11.7. The molecule has 0 amide bonds. The molecule has 0 saturated heterocycles. The maximum atomic E-state index is 12.6. The fraction of sp³-hybridized carbons (Fsp3) is 0.0556. The zero-order valence-corrected chi connectivity index (χ0v) is 12.4. The fourth-order valence-electron chi connectivity index (χ4n) is 2.96. The lowest BCUT2D eigenvalue weighted by atomic mass is 9.84. The summed E-state index contributed by atoms with van der Waals surface area (Å²) < 4.78 is 11.1. The third kappa shape index (κ3) is 1.96. The second-order valence-electron chi connectivity index (χ2n) is 5.33. The standard InChI is InChI=1S/C18H11N3O3/c19-9-12-14(10-5-7-21-8-6-10)15-16(24-17(12)20)11-3-1-2-4-13(11)23-18(15)22/h1-8,14H,20H2/t14-/m0/s1. The largest absolute Gasteiger partial charge is 0.439 e. The van der Waals surface area contributed by atoms with Gasteiger partial charge in [-0.15, -0.1) is 0 Å². The first-order valence-electron chi connectivity index (χ1n) is 7.24. The van der Waals surface area contributed by atoms with Crippen molar-refractivity contribution in [3.05, 3.63) is 81.8 Å². The Balaban J connectivity index is 2.10. The molecule has 4 rings (SSSR count). The van der Waals surface area contributed by atoms with E-state index in [9.17, 15) is 10.1 Å². The zero-order chi connectivity index (χ0) is 16.7. The average molecular weight is 317 g/mol. The fourth-order valence-corrected chi connectivity index (χ4v) is 2.96. The van der Waals surface area contributed by atoms with Gasteiger partial charge in [0.15, 0.2) is 5.75 Å². The molecule has 1 aliphatic heterocycles. The number of allylic oxidation sites excluding steroid dienone is 1. The van der Waals surface area contributed by atoms with E-state index in [-0.39, 0.29) is 17.0 Å². The van der Waals surface area contributed by atoms with Gasteiger partial charge in [-0.3, -0.25) is 4.98 Å². The van der Waals surface area contributed by atoms with Gasteiger partial charge >= 0.3 is 5.63 Å². The number of fused-ring (bicyclic) bond motifs is 3. The highest BCUT2D eigenvalue weighted by atomic mass is 16.5. The molecule has 0 fully saturated rings. The number of nitriles is 1. The molecule has 0 unspecified atom stereocenters. The van der Waals surface area contributed by atoms with Crippen LogP contribution >= 0.6 is 0 Å². The number of hydrogen-bond donors (Lipinski definition) is 1. The SMILES string of the molecule is N#CC1=C(N)Oc2c(c(=O)oc3ccccc23)[C@H]1c1ccncc1. The number of hydrogen-bond acceptors (Lipinski definition) is 6. The first kappa shape index (κ1) is 14.0. The lowest BCUT2D eigenvalue weighted by Gasteiger charge is -2.25. The topological polar surface area (TPSA) is 102 Å². The van der Waals surface area contributed by atoms with Crippen LogP contribution in [0.15, 0.2) is 69.5 Å². The van der Waals surface area contributed by atoms with E-state index >= 15 is 0 Å². The summed E-state index contributed by atoms with van der Waals surface area (Å²) in [7, 11) is 0. The minimum Gasteiger partial charge on any atom is -0.439 e. The quantitative estimate of drug-likeness (QED) is 0.691. The molecule has 1 atom stereocenters. The monoisotopic (exact) mass is 317 g/mol. The van der Waals surface area contributed by atoms with Crippen LogP contribution in [-0.4, -0.2) is 4.98 Å². The predicted molar refractivity (Wildman–Crippen MR) is 86.0 cm³/mol. The van der Waals surface area contributed by atoms with Gasteiger partial charge in [-0.1, -0.05) is 12.1 Å². The number of ether oxygens (including phenoxy) is 1. The third-order valence-corrected chi connectivity index (χ3v) is 4.01. The zero-order valence-electron chi connectivity index (χ0n) is 12.4. The Morgan fingerprint density at radius 1 is 1.17 bits per heavy atom. The van der Waals surface area contributed by atoms with Crippen molar-refractivity contribution >= 4 is 11.0 Å². The van der Waals surface area contributed by atoms with Crippen molar-refractivity contribution < 1.29 is 9.15 Å². The van der Waals surface area contributed by atoms with Crippen LogP contribution < -0.4 is 16.1 Å². The van der Waals surface area contributed by atoms with Gasteiger partial charge in [-0.05, 0) is 29.8 Å². The molecule has 116 valence electrons. The molecule has 2 N–H and O–H groups in total. The van der Waals surface area contributed by atoms with Gasteiger partial charge in [-0.25, -0.2) is 4.79 Å². The maximum Gasteiger partial charge on any atom is 0.344 e. The van der Waals surface area contributed by atoms with Crippen molar-refractivity contribution in [2.24, 2.45) is 5.73 Å². The first-order valence-corrected chi connectivity index (χ1v) is 7.24. The Morgan fingerprint density at radius 3 is 2.67 bits per heavy atom. The van der Waals surface area contributed by atoms with Crippen molar-refractivity contribution in [1.29, 1.82) is 5.26 Å². The van der Waals surface area contributed by atoms with Gasteiger partial charge in [0.1, 0.15) is 17.2 Å². The van der Waals surface area contributed by atoms with E-state index in [2.05, 4.69) is 4.98 Å². The van der Waals surface area contributed by atoms with Crippen molar-refractivity contribution in [1.82, 2.24) is 4.98 Å². The van der Waals surface area contributed by atoms with Crippen molar-refractivity contribution in [2.45, 2.75) is 5.92 Å². The molecule has 3 heterocycles. The molecule has 6 heteroatoms. The average Bonchev–Trinajstić information content (AvgIpc) is 2.61. The number of nitrogens with two attached hydrogens (primary N) is 1. The molecule has 1 aliphatic rings. The number of rotatable bonds is 1. The molecular weight excluding hydrogens is 306 g/mol. The third-order valence-electron chi connectivity index (χ3n) is 4.01. The highest BCUT2D eigenvalue weighted by molar-refractivity contribution is 5.85. The van der Waals surface area contributed by atoms with Gasteiger partial charge in [-0.2, -0.15) is 5.26 Å². The Morgan fingerprint density at radius 2 is 1.92 bits per heavy atom. The van der Waals surface area contributed by atoms with Crippen molar-refractivity contribution in [3.8, 4) is 11.8 Å². The lowest BCUT2D eigenvalue weighted by molar-refractivity contribution is 0.388. The summed E-state index contributed by atoms with van der Waals surface area (Å²) in [6.45, 7) is 0. The van der Waals surface area contributed by atoms with Gasteiger partial charge in [0.25, 0.3) is 0 Å². The summed E-state index contributed by atoms with van der Waals surface area (Å²) >= 11 is 0. The number of pyridine rings is 1. The summed E-state index contributed by atoms with van der Waals surface area (Å²) in [6, 6.07) is 12.6. The Hall–Kier alpha value is -3.59.